The lowest BCUT2D eigenvalue weighted by Gasteiger charge is -2.39. The van der Waals surface area contributed by atoms with E-state index in [-0.39, 0.29) is 43.5 Å². The molecule has 10 heteroatoms. The SMILES string of the molecule is O=C1CCC(N2Cc3cc(OC4CN(Cc5cccc(F)c5F)CCC4NCc4ccccc4)ccc3C2=O)C(=O)N1. The van der Waals surface area contributed by atoms with Gasteiger partial charge in [-0.1, -0.05) is 42.5 Å². The molecule has 2 fully saturated rings. The molecule has 3 atom stereocenters. The third kappa shape index (κ3) is 5.91. The average molecular weight is 575 g/mol. The van der Waals surface area contributed by atoms with Crippen molar-refractivity contribution in [2.45, 2.75) is 57.1 Å². The number of halogens is 2. The molecule has 3 aromatic rings. The summed E-state index contributed by atoms with van der Waals surface area (Å²) in [6.45, 7) is 2.34. The predicted octanol–water partition coefficient (Wildman–Crippen LogP) is 3.54. The quantitative estimate of drug-likeness (QED) is 0.400. The second kappa shape index (κ2) is 12.0. The Kier molecular flexibility index (Phi) is 7.99. The van der Waals surface area contributed by atoms with E-state index in [1.807, 2.05) is 24.3 Å². The number of amides is 3. The highest BCUT2D eigenvalue weighted by Gasteiger charge is 2.39. The number of rotatable bonds is 8. The summed E-state index contributed by atoms with van der Waals surface area (Å²) in [4.78, 5) is 40.7. The van der Waals surface area contributed by atoms with E-state index in [9.17, 15) is 23.2 Å². The minimum atomic E-state index is -0.862. The minimum absolute atomic E-state index is 0.00586. The van der Waals surface area contributed by atoms with E-state index in [0.29, 0.717) is 42.9 Å². The molecule has 0 bridgehead atoms. The van der Waals surface area contributed by atoms with Gasteiger partial charge in [-0.05, 0) is 48.2 Å². The van der Waals surface area contributed by atoms with Crippen molar-refractivity contribution in [1.29, 1.82) is 0 Å². The summed E-state index contributed by atoms with van der Waals surface area (Å²) in [5.41, 5.74) is 2.71. The molecular formula is C32H32F2N4O4. The number of hydrogen-bond acceptors (Lipinski definition) is 6. The van der Waals surface area contributed by atoms with Crippen LogP contribution in [0.1, 0.15) is 46.3 Å². The molecule has 2 N–H and O–H groups in total. The number of carbonyl (C=O) groups is 3. The van der Waals surface area contributed by atoms with Crippen LogP contribution in [0.25, 0.3) is 0 Å². The van der Waals surface area contributed by atoms with Crippen LogP contribution < -0.4 is 15.4 Å². The Morgan fingerprint density at radius 3 is 2.62 bits per heavy atom. The van der Waals surface area contributed by atoms with Gasteiger partial charge in [0.05, 0.1) is 0 Å². The highest BCUT2D eigenvalue weighted by molar-refractivity contribution is 6.05. The van der Waals surface area contributed by atoms with Crippen molar-refractivity contribution in [3.63, 3.8) is 0 Å². The smallest absolute Gasteiger partial charge is 0.255 e. The number of fused-ring (bicyclic) bond motifs is 1. The van der Waals surface area contributed by atoms with E-state index >= 15 is 0 Å². The third-order valence-corrected chi connectivity index (χ3v) is 8.26. The van der Waals surface area contributed by atoms with E-state index in [4.69, 9.17) is 4.74 Å². The number of benzene rings is 3. The van der Waals surface area contributed by atoms with E-state index < -0.39 is 23.6 Å². The second-order valence-electron chi connectivity index (χ2n) is 11.1. The van der Waals surface area contributed by atoms with Gasteiger partial charge in [-0.2, -0.15) is 0 Å². The Morgan fingerprint density at radius 1 is 0.976 bits per heavy atom. The Morgan fingerprint density at radius 2 is 1.81 bits per heavy atom. The van der Waals surface area contributed by atoms with Crippen LogP contribution in [0.15, 0.2) is 66.7 Å². The van der Waals surface area contributed by atoms with Crippen LogP contribution in [-0.2, 0) is 29.2 Å². The number of likely N-dealkylation sites (tertiary alicyclic amines) is 1. The number of hydrogen-bond donors (Lipinski definition) is 2. The first-order chi connectivity index (χ1) is 20.4. The Balaban J connectivity index is 1.18. The molecular weight excluding hydrogens is 542 g/mol. The van der Waals surface area contributed by atoms with Gasteiger partial charge in [-0.15, -0.1) is 0 Å². The molecule has 2 saturated heterocycles. The molecule has 218 valence electrons. The molecule has 8 nitrogen and oxygen atoms in total. The normalized spacial score (nSPS) is 22.7. The van der Waals surface area contributed by atoms with Crippen LogP contribution >= 0.6 is 0 Å². The maximum atomic E-state index is 14.4. The van der Waals surface area contributed by atoms with Crippen LogP contribution in [-0.4, -0.2) is 58.8 Å². The van der Waals surface area contributed by atoms with Gasteiger partial charge in [0.25, 0.3) is 5.91 Å². The Bertz CT molecular complexity index is 1500. The van der Waals surface area contributed by atoms with Gasteiger partial charge < -0.3 is 15.0 Å². The maximum absolute atomic E-state index is 14.4. The first kappa shape index (κ1) is 28.0. The minimum Gasteiger partial charge on any atom is -0.487 e. The zero-order valence-corrected chi connectivity index (χ0v) is 23.0. The fourth-order valence-electron chi connectivity index (χ4n) is 6.03. The third-order valence-electron chi connectivity index (χ3n) is 8.26. The van der Waals surface area contributed by atoms with Crippen LogP contribution in [0, 0.1) is 11.6 Å². The van der Waals surface area contributed by atoms with Gasteiger partial charge in [-0.3, -0.25) is 24.6 Å². The molecule has 3 aliphatic rings. The molecule has 42 heavy (non-hydrogen) atoms. The summed E-state index contributed by atoms with van der Waals surface area (Å²) in [5.74, 6) is -2.13. The highest BCUT2D eigenvalue weighted by atomic mass is 19.2. The van der Waals surface area contributed by atoms with Gasteiger partial charge in [-0.25, -0.2) is 8.78 Å². The summed E-state index contributed by atoms with van der Waals surface area (Å²) < 4.78 is 34.8. The Hall–Kier alpha value is -4.15. The zero-order valence-electron chi connectivity index (χ0n) is 23.0. The molecule has 3 aliphatic heterocycles. The number of nitrogens with one attached hydrogen (secondary N) is 2. The standard InChI is InChI=1S/C32H32F2N4O4/c33-25-8-4-7-21(30(25)34)17-37-14-13-26(35-16-20-5-2-1-3-6-20)28(19-37)42-23-9-10-24-22(15-23)18-38(32(24)41)27-11-12-29(39)36-31(27)40/h1-10,15,26-28,35H,11-14,16-19H2,(H,36,39,40). The van der Waals surface area contributed by atoms with Crippen molar-refractivity contribution < 1.29 is 27.9 Å². The summed E-state index contributed by atoms with van der Waals surface area (Å²) in [5, 5.41) is 5.93. The van der Waals surface area contributed by atoms with Gasteiger partial charge in [0.2, 0.25) is 11.8 Å². The van der Waals surface area contributed by atoms with E-state index in [1.165, 1.54) is 11.0 Å². The summed E-state index contributed by atoms with van der Waals surface area (Å²) in [6, 6.07) is 18.9. The molecule has 3 unspecified atom stereocenters. The lowest BCUT2D eigenvalue weighted by atomic mass is 10.00. The lowest BCUT2D eigenvalue weighted by molar-refractivity contribution is -0.136. The number of nitrogens with zero attached hydrogens (tertiary/aromatic N) is 2. The monoisotopic (exact) mass is 574 g/mol. The largest absolute Gasteiger partial charge is 0.487 e. The van der Waals surface area contributed by atoms with Crippen molar-refractivity contribution in [2.75, 3.05) is 13.1 Å². The zero-order chi connectivity index (χ0) is 29.2. The number of piperidine rings is 2. The highest BCUT2D eigenvalue weighted by Crippen LogP contribution is 2.31. The lowest BCUT2D eigenvalue weighted by Crippen LogP contribution is -2.54. The molecule has 6 rings (SSSR count). The summed E-state index contributed by atoms with van der Waals surface area (Å²) in [7, 11) is 0. The van der Waals surface area contributed by atoms with Gasteiger partial charge >= 0.3 is 0 Å². The fourth-order valence-corrected chi connectivity index (χ4v) is 6.03. The number of carbonyl (C=O) groups excluding carboxylic acids is 3. The molecule has 0 spiro atoms. The van der Waals surface area contributed by atoms with Gasteiger partial charge in [0.1, 0.15) is 17.9 Å². The second-order valence-corrected chi connectivity index (χ2v) is 11.1. The predicted molar refractivity (Wildman–Crippen MR) is 150 cm³/mol. The summed E-state index contributed by atoms with van der Waals surface area (Å²) >= 11 is 0. The van der Waals surface area contributed by atoms with Crippen molar-refractivity contribution >= 4 is 17.7 Å². The van der Waals surface area contributed by atoms with Crippen molar-refractivity contribution in [3.8, 4) is 5.75 Å². The molecule has 0 aromatic heterocycles. The molecule has 0 aliphatic carbocycles. The molecule has 0 saturated carbocycles. The molecule has 3 amide bonds. The van der Waals surface area contributed by atoms with Crippen LogP contribution in [0.5, 0.6) is 5.75 Å². The van der Waals surface area contributed by atoms with E-state index in [2.05, 4.69) is 27.7 Å². The topological polar surface area (TPSA) is 91.0 Å². The molecule has 3 aromatic carbocycles. The van der Waals surface area contributed by atoms with Crippen molar-refractivity contribution in [3.05, 3.63) is 101 Å². The van der Waals surface area contributed by atoms with E-state index in [0.717, 1.165) is 23.6 Å². The first-order valence-corrected chi connectivity index (χ1v) is 14.2. The van der Waals surface area contributed by atoms with Crippen molar-refractivity contribution in [1.82, 2.24) is 20.4 Å². The Labute approximate surface area is 242 Å². The van der Waals surface area contributed by atoms with Crippen LogP contribution in [0.2, 0.25) is 0 Å². The van der Waals surface area contributed by atoms with Crippen molar-refractivity contribution in [2.24, 2.45) is 0 Å². The van der Waals surface area contributed by atoms with Crippen LogP contribution in [0.4, 0.5) is 8.78 Å². The average Bonchev–Trinajstić information content (AvgIpc) is 3.30. The number of imide groups is 1. The maximum Gasteiger partial charge on any atom is 0.255 e. The molecule has 3 heterocycles. The van der Waals surface area contributed by atoms with Gasteiger partial charge in [0.15, 0.2) is 11.6 Å². The molecule has 0 radical (unpaired) electrons. The summed E-state index contributed by atoms with van der Waals surface area (Å²) in [6.07, 6.45) is 0.924. The first-order valence-electron chi connectivity index (χ1n) is 14.2. The fraction of sp³-hybridized carbons (Fsp3) is 0.344. The van der Waals surface area contributed by atoms with E-state index in [1.54, 1.807) is 18.2 Å². The van der Waals surface area contributed by atoms with Gasteiger partial charge in [0, 0.05) is 56.3 Å². The number of ether oxygens (including phenoxy) is 1. The van der Waals surface area contributed by atoms with Crippen LogP contribution in [0.3, 0.4) is 0 Å².